The van der Waals surface area contributed by atoms with Gasteiger partial charge in [-0.15, -0.1) is 0 Å². The summed E-state index contributed by atoms with van der Waals surface area (Å²) in [5.74, 6) is -0.532. The smallest absolute Gasteiger partial charge is 0.337 e. The lowest BCUT2D eigenvalue weighted by atomic mass is 10.2. The van der Waals surface area contributed by atoms with Gasteiger partial charge >= 0.3 is 5.97 Å². The number of carbonyl (C=O) groups is 1. The molecule has 0 amide bonds. The monoisotopic (exact) mass is 293 g/mol. The molecule has 0 atom stereocenters. The Hall–Kier alpha value is -3.40. The Bertz CT molecular complexity index is 923. The molecular formula is C15H11N5O2. The van der Waals surface area contributed by atoms with Gasteiger partial charge in [0.2, 0.25) is 0 Å². The van der Waals surface area contributed by atoms with Gasteiger partial charge in [-0.3, -0.25) is 0 Å². The Labute approximate surface area is 125 Å². The molecule has 108 valence electrons. The fourth-order valence-electron chi connectivity index (χ4n) is 2.27. The molecule has 7 heteroatoms. The van der Waals surface area contributed by atoms with Gasteiger partial charge in [-0.25, -0.2) is 14.3 Å². The number of fused-ring (bicyclic) bond motifs is 1. The van der Waals surface area contributed by atoms with Crippen LogP contribution in [0.5, 0.6) is 0 Å². The van der Waals surface area contributed by atoms with E-state index in [9.17, 15) is 9.90 Å². The number of hydrogen-bond acceptors (Lipinski definition) is 5. The molecule has 0 aliphatic heterocycles. The van der Waals surface area contributed by atoms with Crippen LogP contribution in [0.1, 0.15) is 21.5 Å². The third-order valence-corrected chi connectivity index (χ3v) is 3.31. The first-order valence-corrected chi connectivity index (χ1v) is 6.43. The van der Waals surface area contributed by atoms with E-state index in [2.05, 4.69) is 21.5 Å². The maximum atomic E-state index is 11.2. The predicted molar refractivity (Wildman–Crippen MR) is 79.1 cm³/mol. The first-order valence-electron chi connectivity index (χ1n) is 6.43. The maximum Gasteiger partial charge on any atom is 0.337 e. The molecule has 3 rings (SSSR count). The summed E-state index contributed by atoms with van der Waals surface area (Å²) in [7, 11) is 0. The summed E-state index contributed by atoms with van der Waals surface area (Å²) in [6.45, 7) is 1.71. The summed E-state index contributed by atoms with van der Waals surface area (Å²) < 4.78 is 1.47. The maximum absolute atomic E-state index is 11.2. The molecule has 22 heavy (non-hydrogen) atoms. The largest absolute Gasteiger partial charge is 0.478 e. The van der Waals surface area contributed by atoms with Gasteiger partial charge in [-0.05, 0) is 30.7 Å². The van der Waals surface area contributed by atoms with Crippen LogP contribution in [0.4, 0.5) is 11.5 Å². The third-order valence-electron chi connectivity index (χ3n) is 3.31. The van der Waals surface area contributed by atoms with Crippen LogP contribution < -0.4 is 5.32 Å². The summed E-state index contributed by atoms with van der Waals surface area (Å²) in [6.07, 6.45) is 2.79. The molecule has 0 spiro atoms. The van der Waals surface area contributed by atoms with Crippen LogP contribution in [0, 0.1) is 18.3 Å². The molecule has 0 saturated carbocycles. The van der Waals surface area contributed by atoms with Crippen molar-refractivity contribution in [1.29, 1.82) is 5.26 Å². The van der Waals surface area contributed by atoms with E-state index in [0.29, 0.717) is 28.1 Å². The number of nitrogens with zero attached hydrogens (tertiary/aromatic N) is 4. The summed E-state index contributed by atoms with van der Waals surface area (Å²) in [4.78, 5) is 15.4. The van der Waals surface area contributed by atoms with Crippen molar-refractivity contribution >= 4 is 23.0 Å². The fourth-order valence-corrected chi connectivity index (χ4v) is 2.27. The second kappa shape index (κ2) is 5.18. The molecule has 1 aromatic carbocycles. The normalized spacial score (nSPS) is 10.4. The summed E-state index contributed by atoms with van der Waals surface area (Å²) in [6, 6.07) is 9.01. The molecule has 2 aromatic heterocycles. The van der Waals surface area contributed by atoms with E-state index in [1.165, 1.54) is 17.0 Å². The van der Waals surface area contributed by atoms with Crippen molar-refractivity contribution < 1.29 is 9.90 Å². The van der Waals surface area contributed by atoms with Crippen molar-refractivity contribution in [3.63, 3.8) is 0 Å². The number of nitriles is 1. The standard InChI is InChI=1S/C15H11N5O2/c1-9-12(15(21)22)7-20-13(9)14(17-8-18-20)19-11-4-2-3-10(5-11)6-16/h2-5,7-8H,1H3,(H,21,22)(H,17,18,19). The average molecular weight is 293 g/mol. The van der Waals surface area contributed by atoms with Gasteiger partial charge in [-0.2, -0.15) is 10.4 Å². The number of benzene rings is 1. The molecule has 0 aliphatic carbocycles. The zero-order valence-corrected chi connectivity index (χ0v) is 11.6. The van der Waals surface area contributed by atoms with Crippen molar-refractivity contribution in [2.24, 2.45) is 0 Å². The van der Waals surface area contributed by atoms with Crippen molar-refractivity contribution in [2.45, 2.75) is 6.92 Å². The van der Waals surface area contributed by atoms with E-state index in [1.807, 2.05) is 0 Å². The molecule has 0 aliphatic rings. The summed E-state index contributed by atoms with van der Waals surface area (Å²) in [5.41, 5.74) is 2.55. The molecule has 3 aromatic rings. The van der Waals surface area contributed by atoms with Crippen LogP contribution in [0.3, 0.4) is 0 Å². The van der Waals surface area contributed by atoms with Crippen LogP contribution in [-0.4, -0.2) is 25.7 Å². The number of carboxylic acids is 1. The molecule has 7 nitrogen and oxygen atoms in total. The Morgan fingerprint density at radius 1 is 1.45 bits per heavy atom. The van der Waals surface area contributed by atoms with Gasteiger partial charge in [0.1, 0.15) is 11.8 Å². The quantitative estimate of drug-likeness (QED) is 0.768. The lowest BCUT2D eigenvalue weighted by Gasteiger charge is -2.08. The highest BCUT2D eigenvalue weighted by molar-refractivity contribution is 5.94. The van der Waals surface area contributed by atoms with Crippen molar-refractivity contribution in [3.8, 4) is 6.07 Å². The highest BCUT2D eigenvalue weighted by atomic mass is 16.4. The first-order chi connectivity index (χ1) is 10.6. The second-order valence-corrected chi connectivity index (χ2v) is 4.69. The highest BCUT2D eigenvalue weighted by Gasteiger charge is 2.17. The van der Waals surface area contributed by atoms with Crippen LogP contribution in [0.25, 0.3) is 5.52 Å². The van der Waals surface area contributed by atoms with Crippen LogP contribution in [-0.2, 0) is 0 Å². The minimum atomic E-state index is -1.01. The topological polar surface area (TPSA) is 103 Å². The second-order valence-electron chi connectivity index (χ2n) is 4.69. The zero-order valence-electron chi connectivity index (χ0n) is 11.6. The van der Waals surface area contributed by atoms with E-state index in [-0.39, 0.29) is 5.56 Å². The van der Waals surface area contributed by atoms with Crippen LogP contribution >= 0.6 is 0 Å². The molecular weight excluding hydrogens is 282 g/mol. The van der Waals surface area contributed by atoms with Crippen molar-refractivity contribution in [3.05, 3.63) is 53.5 Å². The Morgan fingerprint density at radius 3 is 3.00 bits per heavy atom. The van der Waals surface area contributed by atoms with Gasteiger partial charge in [0.25, 0.3) is 0 Å². The SMILES string of the molecule is Cc1c(C(=O)O)cn2ncnc(Nc3cccc(C#N)c3)c12. The molecule has 2 heterocycles. The Morgan fingerprint density at radius 2 is 2.27 bits per heavy atom. The molecule has 2 N–H and O–H groups in total. The number of hydrogen-bond donors (Lipinski definition) is 2. The average Bonchev–Trinajstić information content (AvgIpc) is 2.86. The van der Waals surface area contributed by atoms with Crippen molar-refractivity contribution in [1.82, 2.24) is 14.6 Å². The number of aryl methyl sites for hydroxylation is 1. The van der Waals surface area contributed by atoms with E-state index in [1.54, 1.807) is 31.2 Å². The minimum Gasteiger partial charge on any atom is -0.478 e. The Balaban J connectivity index is 2.11. The van der Waals surface area contributed by atoms with E-state index in [0.717, 1.165) is 0 Å². The lowest BCUT2D eigenvalue weighted by molar-refractivity contribution is 0.0696. The van der Waals surface area contributed by atoms with Crippen LogP contribution in [0.2, 0.25) is 0 Å². The van der Waals surface area contributed by atoms with E-state index >= 15 is 0 Å². The predicted octanol–water partition coefficient (Wildman–Crippen LogP) is 2.35. The number of aromatic nitrogens is 3. The van der Waals surface area contributed by atoms with Crippen LogP contribution in [0.15, 0.2) is 36.8 Å². The van der Waals surface area contributed by atoms with Crippen molar-refractivity contribution in [2.75, 3.05) is 5.32 Å². The Kier molecular flexibility index (Phi) is 3.20. The highest BCUT2D eigenvalue weighted by Crippen LogP contribution is 2.25. The molecule has 0 unspecified atom stereocenters. The van der Waals surface area contributed by atoms with E-state index in [4.69, 9.17) is 5.26 Å². The number of aromatic carboxylic acids is 1. The zero-order chi connectivity index (χ0) is 15.7. The molecule has 0 bridgehead atoms. The van der Waals surface area contributed by atoms with Gasteiger partial charge in [0.15, 0.2) is 5.82 Å². The number of carboxylic acid groups (broad SMARTS) is 1. The molecule has 0 radical (unpaired) electrons. The van der Waals surface area contributed by atoms with Gasteiger partial charge in [0.05, 0.1) is 17.2 Å². The molecule has 0 fully saturated rings. The lowest BCUT2D eigenvalue weighted by Crippen LogP contribution is -2.00. The third kappa shape index (κ3) is 2.23. The minimum absolute atomic E-state index is 0.175. The van der Waals surface area contributed by atoms with Gasteiger partial charge < -0.3 is 10.4 Å². The first kappa shape index (κ1) is 13.6. The molecule has 0 saturated heterocycles. The summed E-state index contributed by atoms with van der Waals surface area (Å²) in [5, 5.41) is 25.3. The number of anilines is 2. The van der Waals surface area contributed by atoms with E-state index < -0.39 is 5.97 Å². The number of nitrogens with one attached hydrogen (secondary N) is 1. The number of rotatable bonds is 3. The fraction of sp³-hybridized carbons (Fsp3) is 0.0667. The van der Waals surface area contributed by atoms with Gasteiger partial charge in [0, 0.05) is 11.9 Å². The summed E-state index contributed by atoms with van der Waals surface area (Å²) >= 11 is 0. The van der Waals surface area contributed by atoms with Gasteiger partial charge in [-0.1, -0.05) is 6.07 Å².